The van der Waals surface area contributed by atoms with Crippen molar-refractivity contribution < 1.29 is 14.3 Å². The minimum atomic E-state index is -0.678. The molecule has 1 heterocycles. The van der Waals surface area contributed by atoms with Crippen LogP contribution in [0, 0.1) is 23.2 Å². The molecule has 1 aliphatic heterocycles. The van der Waals surface area contributed by atoms with Crippen LogP contribution in [0.3, 0.4) is 0 Å². The van der Waals surface area contributed by atoms with E-state index >= 15 is 0 Å². The lowest BCUT2D eigenvalue weighted by Crippen LogP contribution is -2.80. The van der Waals surface area contributed by atoms with Crippen molar-refractivity contribution in [3.05, 3.63) is 28.2 Å². The van der Waals surface area contributed by atoms with Crippen LogP contribution in [0.2, 0.25) is 10.0 Å². The minimum Gasteiger partial charge on any atom is -0.469 e. The maximum Gasteiger partial charge on any atom is 0.311 e. The summed E-state index contributed by atoms with van der Waals surface area (Å²) in [6, 6.07) is 5.64. The Bertz CT molecular complexity index is 886. The molecule has 2 unspecified atom stereocenters. The summed E-state index contributed by atoms with van der Waals surface area (Å²) >= 11 is 12.8. The Kier molecular flexibility index (Phi) is 4.22. The first-order chi connectivity index (χ1) is 13.7. The minimum absolute atomic E-state index is 0.0691. The first-order valence-electron chi connectivity index (χ1n) is 10.4. The number of rotatable bonds is 3. The van der Waals surface area contributed by atoms with Crippen LogP contribution in [0.4, 0.5) is 5.69 Å². The molecule has 156 valence electrons. The van der Waals surface area contributed by atoms with Crippen LogP contribution < -0.4 is 5.01 Å². The summed E-state index contributed by atoms with van der Waals surface area (Å²) in [6.07, 6.45) is 4.68. The van der Waals surface area contributed by atoms with Crippen molar-refractivity contribution in [1.82, 2.24) is 5.01 Å². The molecule has 1 amide bonds. The Morgan fingerprint density at radius 1 is 1.14 bits per heavy atom. The first kappa shape index (κ1) is 19.5. The van der Waals surface area contributed by atoms with Crippen LogP contribution in [0.5, 0.6) is 0 Å². The van der Waals surface area contributed by atoms with Crippen molar-refractivity contribution in [1.29, 1.82) is 0 Å². The van der Waals surface area contributed by atoms with Gasteiger partial charge in [0.25, 0.3) is 5.91 Å². The molecule has 5 fully saturated rings. The monoisotopic (exact) mass is 436 g/mol. The lowest BCUT2D eigenvalue weighted by Gasteiger charge is -2.67. The van der Waals surface area contributed by atoms with E-state index < -0.39 is 5.54 Å². The van der Waals surface area contributed by atoms with Gasteiger partial charge in [-0.3, -0.25) is 14.6 Å². The quantitative estimate of drug-likeness (QED) is 0.644. The number of nitrogens with zero attached hydrogens (tertiary/aromatic N) is 2. The van der Waals surface area contributed by atoms with Crippen LogP contribution in [0.25, 0.3) is 0 Å². The Morgan fingerprint density at radius 2 is 1.79 bits per heavy atom. The summed E-state index contributed by atoms with van der Waals surface area (Å²) in [4.78, 5) is 25.9. The molecule has 0 spiro atoms. The average molecular weight is 437 g/mol. The lowest BCUT2D eigenvalue weighted by atomic mass is 9.47. The molecule has 0 N–H and O–H groups in total. The zero-order valence-corrected chi connectivity index (χ0v) is 18.5. The summed E-state index contributed by atoms with van der Waals surface area (Å²) in [5.41, 5.74) is -0.271. The predicted octanol–water partition coefficient (Wildman–Crippen LogP) is 4.70. The molecule has 4 bridgehead atoms. The fourth-order valence-corrected chi connectivity index (χ4v) is 7.27. The maximum atomic E-state index is 13.3. The highest BCUT2D eigenvalue weighted by atomic mass is 35.5. The molecule has 5 nitrogen and oxygen atoms in total. The van der Waals surface area contributed by atoms with Crippen molar-refractivity contribution in [3.63, 3.8) is 0 Å². The number of hydrogen-bond donors (Lipinski definition) is 0. The number of hydrogen-bond acceptors (Lipinski definition) is 4. The van der Waals surface area contributed by atoms with E-state index in [1.165, 1.54) is 7.11 Å². The van der Waals surface area contributed by atoms with Gasteiger partial charge in [-0.25, -0.2) is 5.01 Å². The second-order valence-corrected chi connectivity index (χ2v) is 10.6. The van der Waals surface area contributed by atoms with Gasteiger partial charge in [0, 0.05) is 0 Å². The number of anilines is 1. The maximum absolute atomic E-state index is 13.3. The number of benzene rings is 1. The van der Waals surface area contributed by atoms with Crippen molar-refractivity contribution in [2.75, 3.05) is 12.1 Å². The fourth-order valence-electron chi connectivity index (χ4n) is 6.89. The Balaban J connectivity index is 1.52. The smallest absolute Gasteiger partial charge is 0.311 e. The van der Waals surface area contributed by atoms with Gasteiger partial charge in [0.2, 0.25) is 0 Å². The normalized spacial score (nSPS) is 36.9. The van der Waals surface area contributed by atoms with E-state index in [-0.39, 0.29) is 23.3 Å². The van der Waals surface area contributed by atoms with Gasteiger partial charge in [0.05, 0.1) is 34.3 Å². The van der Waals surface area contributed by atoms with Gasteiger partial charge < -0.3 is 4.74 Å². The fraction of sp³-hybridized carbons (Fsp3) is 0.636. The average Bonchev–Trinajstić information content (AvgIpc) is 2.68. The summed E-state index contributed by atoms with van der Waals surface area (Å²) < 4.78 is 5.18. The number of carbonyl (C=O) groups excluding carboxylic acids is 2. The van der Waals surface area contributed by atoms with Gasteiger partial charge in [0.1, 0.15) is 5.54 Å². The summed E-state index contributed by atoms with van der Waals surface area (Å²) in [5, 5.41) is 4.90. The van der Waals surface area contributed by atoms with Gasteiger partial charge in [-0.05, 0) is 75.8 Å². The highest BCUT2D eigenvalue weighted by Crippen LogP contribution is 2.63. The van der Waals surface area contributed by atoms with Crippen LogP contribution in [-0.4, -0.2) is 35.6 Å². The molecular formula is C22H26Cl2N2O3. The molecule has 4 aliphatic carbocycles. The van der Waals surface area contributed by atoms with Crippen LogP contribution in [0.15, 0.2) is 18.2 Å². The summed E-state index contributed by atoms with van der Waals surface area (Å²) in [6.45, 7) is 3.85. The van der Waals surface area contributed by atoms with Crippen molar-refractivity contribution in [3.8, 4) is 0 Å². The molecule has 4 saturated carbocycles. The predicted molar refractivity (Wildman–Crippen MR) is 112 cm³/mol. The number of esters is 1. The SMILES string of the molecule is COC(=O)[C@@]12CC3CC(C1)[C@@H](N1C(=O)C(C)(C)N1c1cccc(Cl)c1Cl)[C@@H](C3)C2. The molecule has 1 aromatic rings. The number of hydrazine groups is 1. The number of halogens is 2. The zero-order valence-electron chi connectivity index (χ0n) is 17.0. The van der Waals surface area contributed by atoms with Crippen molar-refractivity contribution >= 4 is 40.8 Å². The van der Waals surface area contributed by atoms with Crippen LogP contribution in [0.1, 0.15) is 46.0 Å². The number of methoxy groups -OCH3 is 1. The third kappa shape index (κ3) is 2.53. The zero-order chi connectivity index (χ0) is 20.7. The van der Waals surface area contributed by atoms with E-state index in [1.54, 1.807) is 6.07 Å². The molecule has 6 rings (SSSR count). The van der Waals surface area contributed by atoms with E-state index in [4.69, 9.17) is 27.9 Å². The topological polar surface area (TPSA) is 49.9 Å². The highest BCUT2D eigenvalue weighted by molar-refractivity contribution is 6.43. The molecule has 0 aromatic heterocycles. The number of amides is 1. The Hall–Kier alpha value is -1.46. The molecule has 1 aromatic carbocycles. The Labute approximate surface area is 181 Å². The largest absolute Gasteiger partial charge is 0.469 e. The molecule has 5 atom stereocenters. The lowest BCUT2D eigenvalue weighted by molar-refractivity contribution is -0.189. The van der Waals surface area contributed by atoms with Gasteiger partial charge in [0.15, 0.2) is 0 Å². The third-order valence-corrected chi connectivity index (χ3v) is 8.57. The van der Waals surface area contributed by atoms with Crippen LogP contribution in [-0.2, 0) is 14.3 Å². The second kappa shape index (κ2) is 6.27. The van der Waals surface area contributed by atoms with E-state index in [0.717, 1.165) is 37.8 Å². The van der Waals surface area contributed by atoms with E-state index in [0.29, 0.717) is 27.8 Å². The van der Waals surface area contributed by atoms with E-state index in [2.05, 4.69) is 0 Å². The number of ether oxygens (including phenoxy) is 1. The van der Waals surface area contributed by atoms with E-state index in [1.807, 2.05) is 36.0 Å². The summed E-state index contributed by atoms with van der Waals surface area (Å²) in [5.74, 6) is 1.20. The Morgan fingerprint density at radius 3 is 2.41 bits per heavy atom. The molecule has 7 heteroatoms. The van der Waals surface area contributed by atoms with Crippen molar-refractivity contribution in [2.45, 2.75) is 57.5 Å². The number of carbonyl (C=O) groups is 2. The van der Waals surface area contributed by atoms with Gasteiger partial charge in [-0.1, -0.05) is 29.3 Å². The first-order valence-corrected chi connectivity index (χ1v) is 11.1. The van der Waals surface area contributed by atoms with Crippen molar-refractivity contribution in [2.24, 2.45) is 23.2 Å². The van der Waals surface area contributed by atoms with Gasteiger partial charge in [-0.15, -0.1) is 0 Å². The van der Waals surface area contributed by atoms with Crippen LogP contribution >= 0.6 is 23.2 Å². The third-order valence-electron chi connectivity index (χ3n) is 7.76. The second-order valence-electron chi connectivity index (χ2n) is 9.83. The standard InChI is InChI=1S/C22H26Cl2N2O3/c1-21(2)19(27)25(26(21)16-6-4-5-15(23)17(16)24)18-13-7-12-8-14(18)11-22(9-12,10-13)20(28)29-3/h4-6,12-14,18H,7-11H2,1-3H3/t12?,13-,14?,18-,22+/m0/s1. The molecule has 29 heavy (non-hydrogen) atoms. The molecule has 1 saturated heterocycles. The molecule has 0 radical (unpaired) electrons. The molecular weight excluding hydrogens is 411 g/mol. The highest BCUT2D eigenvalue weighted by Gasteiger charge is 2.65. The molecule has 5 aliphatic rings. The van der Waals surface area contributed by atoms with Gasteiger partial charge >= 0.3 is 5.97 Å². The van der Waals surface area contributed by atoms with E-state index in [9.17, 15) is 9.59 Å². The van der Waals surface area contributed by atoms with Gasteiger partial charge in [-0.2, -0.15) is 0 Å². The summed E-state index contributed by atoms with van der Waals surface area (Å²) in [7, 11) is 1.49.